The van der Waals surface area contributed by atoms with Crippen LogP contribution in [-0.4, -0.2) is 19.4 Å². The quantitative estimate of drug-likeness (QED) is 0.645. The Bertz CT molecular complexity index is 377. The summed E-state index contributed by atoms with van der Waals surface area (Å²) in [5.74, 6) is 0.117. The molecule has 0 saturated heterocycles. The summed E-state index contributed by atoms with van der Waals surface area (Å²) < 4.78 is 1.01. The third kappa shape index (κ3) is 3.23. The molecule has 0 spiro atoms. The third-order valence-electron chi connectivity index (χ3n) is 2.51. The van der Waals surface area contributed by atoms with Crippen LogP contribution in [0.3, 0.4) is 0 Å². The van der Waals surface area contributed by atoms with E-state index in [1.807, 2.05) is 25.2 Å². The minimum Gasteiger partial charge on any atom is -0.384 e. The predicted molar refractivity (Wildman–Crippen MR) is 73.3 cm³/mol. The fourth-order valence-corrected chi connectivity index (χ4v) is 1.91. The summed E-state index contributed by atoms with van der Waals surface area (Å²) in [7, 11) is 2.03. The summed E-state index contributed by atoms with van der Waals surface area (Å²) >= 11 is 3.44. The number of nitrogen functional groups attached to an aromatic ring is 1. The van der Waals surface area contributed by atoms with E-state index >= 15 is 0 Å². The smallest absolute Gasteiger partial charge is 0.124 e. The van der Waals surface area contributed by atoms with Gasteiger partial charge in [0.1, 0.15) is 5.84 Å². The Morgan fingerprint density at radius 2 is 2.19 bits per heavy atom. The Balaban J connectivity index is 2.99. The van der Waals surface area contributed by atoms with Gasteiger partial charge in [-0.25, -0.2) is 0 Å². The van der Waals surface area contributed by atoms with Crippen molar-refractivity contribution >= 4 is 27.5 Å². The molecule has 0 aromatic heterocycles. The first-order valence-corrected chi connectivity index (χ1v) is 6.20. The monoisotopic (exact) mass is 283 g/mol. The number of amidine groups is 1. The normalized spacial score (nSPS) is 10.2. The molecule has 0 aliphatic rings. The lowest BCUT2D eigenvalue weighted by atomic mass is 10.1. The van der Waals surface area contributed by atoms with E-state index in [1.54, 1.807) is 0 Å². The highest BCUT2D eigenvalue weighted by atomic mass is 79.9. The van der Waals surface area contributed by atoms with Crippen molar-refractivity contribution in [3.05, 3.63) is 28.2 Å². The van der Waals surface area contributed by atoms with Crippen molar-refractivity contribution in [1.82, 2.24) is 0 Å². The van der Waals surface area contributed by atoms with E-state index in [4.69, 9.17) is 11.1 Å². The van der Waals surface area contributed by atoms with Crippen molar-refractivity contribution in [2.75, 3.05) is 18.5 Å². The molecule has 88 valence electrons. The van der Waals surface area contributed by atoms with E-state index in [-0.39, 0.29) is 5.84 Å². The molecule has 1 aromatic carbocycles. The van der Waals surface area contributed by atoms with Crippen molar-refractivity contribution in [3.63, 3.8) is 0 Å². The SMILES string of the molecule is CCCCN(C)c1cc(Br)ccc1C(=N)N. The Labute approximate surface area is 105 Å². The molecule has 0 aliphatic heterocycles. The molecule has 3 nitrogen and oxygen atoms in total. The largest absolute Gasteiger partial charge is 0.384 e. The maximum absolute atomic E-state index is 7.55. The van der Waals surface area contributed by atoms with Crippen molar-refractivity contribution in [3.8, 4) is 0 Å². The number of rotatable bonds is 5. The lowest BCUT2D eigenvalue weighted by molar-refractivity contribution is 0.766. The molecular weight excluding hydrogens is 266 g/mol. The summed E-state index contributed by atoms with van der Waals surface area (Å²) in [5, 5.41) is 7.55. The maximum Gasteiger partial charge on any atom is 0.124 e. The number of anilines is 1. The number of hydrogen-bond donors (Lipinski definition) is 2. The van der Waals surface area contributed by atoms with E-state index in [0.717, 1.165) is 35.1 Å². The van der Waals surface area contributed by atoms with Crippen LogP contribution in [0.2, 0.25) is 0 Å². The fraction of sp³-hybridized carbons (Fsp3) is 0.417. The Hall–Kier alpha value is -1.03. The second-order valence-corrected chi connectivity index (χ2v) is 4.77. The van der Waals surface area contributed by atoms with Gasteiger partial charge in [0.15, 0.2) is 0 Å². The Morgan fingerprint density at radius 1 is 1.50 bits per heavy atom. The molecule has 0 bridgehead atoms. The van der Waals surface area contributed by atoms with Crippen LogP contribution in [0, 0.1) is 5.41 Å². The molecule has 0 atom stereocenters. The van der Waals surface area contributed by atoms with Crippen LogP contribution in [0.4, 0.5) is 5.69 Å². The second kappa shape index (κ2) is 5.89. The van der Waals surface area contributed by atoms with Gasteiger partial charge in [-0.05, 0) is 24.6 Å². The summed E-state index contributed by atoms with van der Waals surface area (Å²) in [6.07, 6.45) is 2.30. The van der Waals surface area contributed by atoms with Crippen LogP contribution >= 0.6 is 15.9 Å². The number of nitrogens with one attached hydrogen (secondary N) is 1. The van der Waals surface area contributed by atoms with Crippen LogP contribution < -0.4 is 10.6 Å². The van der Waals surface area contributed by atoms with Crippen LogP contribution in [0.25, 0.3) is 0 Å². The highest BCUT2D eigenvalue weighted by Gasteiger charge is 2.09. The summed E-state index contributed by atoms with van der Waals surface area (Å²) in [5.41, 5.74) is 7.38. The molecular formula is C12H18BrN3. The zero-order chi connectivity index (χ0) is 12.1. The van der Waals surface area contributed by atoms with Gasteiger partial charge in [-0.15, -0.1) is 0 Å². The van der Waals surface area contributed by atoms with Crippen LogP contribution in [0.5, 0.6) is 0 Å². The highest BCUT2D eigenvalue weighted by molar-refractivity contribution is 9.10. The average molecular weight is 284 g/mol. The van der Waals surface area contributed by atoms with Crippen molar-refractivity contribution in [2.24, 2.45) is 5.73 Å². The molecule has 1 rings (SSSR count). The average Bonchev–Trinajstić information content (AvgIpc) is 2.25. The molecule has 1 aromatic rings. The predicted octanol–water partition coefficient (Wildman–Crippen LogP) is 2.97. The van der Waals surface area contributed by atoms with Crippen LogP contribution in [0.15, 0.2) is 22.7 Å². The van der Waals surface area contributed by atoms with E-state index in [0.29, 0.717) is 0 Å². The van der Waals surface area contributed by atoms with Gasteiger partial charge in [-0.3, -0.25) is 5.41 Å². The van der Waals surface area contributed by atoms with Gasteiger partial charge in [-0.2, -0.15) is 0 Å². The van der Waals surface area contributed by atoms with Gasteiger partial charge in [-0.1, -0.05) is 29.3 Å². The second-order valence-electron chi connectivity index (χ2n) is 3.85. The molecule has 0 saturated carbocycles. The number of hydrogen-bond acceptors (Lipinski definition) is 2. The van der Waals surface area contributed by atoms with Crippen LogP contribution in [-0.2, 0) is 0 Å². The molecule has 16 heavy (non-hydrogen) atoms. The molecule has 0 fully saturated rings. The third-order valence-corrected chi connectivity index (χ3v) is 3.00. The van der Waals surface area contributed by atoms with E-state index in [2.05, 4.69) is 27.8 Å². The van der Waals surface area contributed by atoms with Gasteiger partial charge >= 0.3 is 0 Å². The first kappa shape index (κ1) is 13.0. The zero-order valence-corrected chi connectivity index (χ0v) is 11.3. The Morgan fingerprint density at radius 3 is 2.75 bits per heavy atom. The molecule has 0 radical (unpaired) electrons. The number of halogens is 1. The van der Waals surface area contributed by atoms with Crippen molar-refractivity contribution < 1.29 is 0 Å². The standard InChI is InChI=1S/C12H18BrN3/c1-3-4-7-16(2)11-8-9(13)5-6-10(11)12(14)15/h5-6,8H,3-4,7H2,1-2H3,(H3,14,15). The fourth-order valence-electron chi connectivity index (χ4n) is 1.56. The van der Waals surface area contributed by atoms with Gasteiger partial charge in [0.2, 0.25) is 0 Å². The minimum absolute atomic E-state index is 0.117. The van der Waals surface area contributed by atoms with E-state index in [1.165, 1.54) is 0 Å². The minimum atomic E-state index is 0.117. The van der Waals surface area contributed by atoms with Gasteiger partial charge in [0.05, 0.1) is 0 Å². The maximum atomic E-state index is 7.55. The first-order chi connectivity index (χ1) is 7.56. The number of unbranched alkanes of at least 4 members (excludes halogenated alkanes) is 1. The van der Waals surface area contributed by atoms with E-state index < -0.39 is 0 Å². The molecule has 3 N–H and O–H groups in total. The van der Waals surface area contributed by atoms with E-state index in [9.17, 15) is 0 Å². The topological polar surface area (TPSA) is 53.1 Å². The number of nitrogens with two attached hydrogens (primary N) is 1. The molecule has 0 unspecified atom stereocenters. The lowest BCUT2D eigenvalue weighted by Crippen LogP contribution is -2.23. The summed E-state index contributed by atoms with van der Waals surface area (Å²) in [4.78, 5) is 2.14. The first-order valence-electron chi connectivity index (χ1n) is 5.41. The molecule has 4 heteroatoms. The number of benzene rings is 1. The molecule has 0 heterocycles. The molecule has 0 aliphatic carbocycles. The van der Waals surface area contributed by atoms with Gasteiger partial charge < -0.3 is 10.6 Å². The van der Waals surface area contributed by atoms with Crippen LogP contribution in [0.1, 0.15) is 25.3 Å². The lowest BCUT2D eigenvalue weighted by Gasteiger charge is -2.22. The van der Waals surface area contributed by atoms with Crippen molar-refractivity contribution in [2.45, 2.75) is 19.8 Å². The van der Waals surface area contributed by atoms with Gasteiger partial charge in [0.25, 0.3) is 0 Å². The van der Waals surface area contributed by atoms with Crippen molar-refractivity contribution in [1.29, 1.82) is 5.41 Å². The molecule has 0 amide bonds. The zero-order valence-electron chi connectivity index (χ0n) is 9.76. The Kier molecular flexibility index (Phi) is 4.80. The summed E-state index contributed by atoms with van der Waals surface area (Å²) in [6, 6.07) is 5.80. The highest BCUT2D eigenvalue weighted by Crippen LogP contribution is 2.24. The summed E-state index contributed by atoms with van der Waals surface area (Å²) in [6.45, 7) is 3.15. The number of nitrogens with zero attached hydrogens (tertiary/aromatic N) is 1. The van der Waals surface area contributed by atoms with Gasteiger partial charge in [0, 0.05) is 29.3 Å².